The molecule has 1 heterocycles. The molecule has 2 aromatic carbocycles. The summed E-state index contributed by atoms with van der Waals surface area (Å²) >= 11 is 0.944. The van der Waals surface area contributed by atoms with Crippen LogP contribution in [0.2, 0.25) is 0 Å². The molecule has 1 saturated heterocycles. The predicted octanol–water partition coefficient (Wildman–Crippen LogP) is 5.35. The quantitative estimate of drug-likeness (QED) is 0.483. The molecule has 188 valence electrons. The van der Waals surface area contributed by atoms with E-state index < -0.39 is 34.3 Å². The van der Waals surface area contributed by atoms with Crippen molar-refractivity contribution in [2.75, 3.05) is 13.2 Å². The molecule has 0 saturated carbocycles. The summed E-state index contributed by atoms with van der Waals surface area (Å²) in [6, 6.07) is 11.7. The Morgan fingerprint density at radius 3 is 2.31 bits per heavy atom. The van der Waals surface area contributed by atoms with Gasteiger partial charge in [-0.05, 0) is 56.5 Å². The maximum Gasteiger partial charge on any atom is 0.416 e. The summed E-state index contributed by atoms with van der Waals surface area (Å²) in [6.07, 6.45) is -4.13. The molecule has 2 aromatic rings. The number of imide groups is 1. The molecule has 1 fully saturated rings. The standard InChI is InChI=1S/C25H26F3NO5S/c1-24(2,3)22(31)34-14-17(16-5-4-6-18(12-16)25(26,27)28)13-33-19-9-7-15(8-10-19)11-20-21(30)29-23(32)35-20/h4-10,12,17,20H,11,13-14H2,1-3H3,(H,29,30,32). The highest BCUT2D eigenvalue weighted by atomic mass is 32.2. The first-order chi connectivity index (χ1) is 16.3. The van der Waals surface area contributed by atoms with Gasteiger partial charge < -0.3 is 9.47 Å². The van der Waals surface area contributed by atoms with Crippen LogP contribution in [0.4, 0.5) is 18.0 Å². The van der Waals surface area contributed by atoms with Gasteiger partial charge in [0.1, 0.15) is 12.4 Å². The van der Waals surface area contributed by atoms with Crippen molar-refractivity contribution >= 4 is 28.9 Å². The van der Waals surface area contributed by atoms with Crippen LogP contribution >= 0.6 is 11.8 Å². The number of esters is 1. The van der Waals surface area contributed by atoms with E-state index >= 15 is 0 Å². The zero-order valence-corrected chi connectivity index (χ0v) is 20.3. The van der Waals surface area contributed by atoms with Gasteiger partial charge in [-0.3, -0.25) is 19.7 Å². The number of ether oxygens (including phenoxy) is 2. The summed E-state index contributed by atoms with van der Waals surface area (Å²) in [6.45, 7) is 4.91. The predicted molar refractivity (Wildman–Crippen MR) is 125 cm³/mol. The molecule has 10 heteroatoms. The largest absolute Gasteiger partial charge is 0.493 e. The second-order valence-electron chi connectivity index (χ2n) is 9.21. The van der Waals surface area contributed by atoms with Crippen LogP contribution in [-0.2, 0) is 26.9 Å². The van der Waals surface area contributed by atoms with Crippen molar-refractivity contribution in [3.05, 3.63) is 65.2 Å². The minimum Gasteiger partial charge on any atom is -0.493 e. The highest BCUT2D eigenvalue weighted by molar-refractivity contribution is 8.15. The third kappa shape index (κ3) is 7.48. The van der Waals surface area contributed by atoms with E-state index in [1.165, 1.54) is 6.07 Å². The van der Waals surface area contributed by atoms with Crippen molar-refractivity contribution in [1.82, 2.24) is 5.32 Å². The smallest absolute Gasteiger partial charge is 0.416 e. The van der Waals surface area contributed by atoms with Gasteiger partial charge in [-0.1, -0.05) is 42.1 Å². The average molecular weight is 510 g/mol. The second-order valence-corrected chi connectivity index (χ2v) is 10.4. The lowest BCUT2D eigenvalue weighted by molar-refractivity contribution is -0.153. The van der Waals surface area contributed by atoms with E-state index in [9.17, 15) is 27.6 Å². The first-order valence-corrected chi connectivity index (χ1v) is 11.8. The fourth-order valence-electron chi connectivity index (χ4n) is 3.26. The maximum atomic E-state index is 13.2. The molecule has 2 amide bonds. The van der Waals surface area contributed by atoms with E-state index in [1.807, 2.05) is 0 Å². The Kier molecular flexibility index (Phi) is 8.15. The monoisotopic (exact) mass is 509 g/mol. The van der Waals surface area contributed by atoms with Crippen LogP contribution in [0.3, 0.4) is 0 Å². The van der Waals surface area contributed by atoms with E-state index in [4.69, 9.17) is 9.47 Å². The number of hydrogen-bond acceptors (Lipinski definition) is 6. The molecule has 1 aliphatic heterocycles. The number of nitrogens with one attached hydrogen (secondary N) is 1. The molecule has 0 spiro atoms. The summed E-state index contributed by atoms with van der Waals surface area (Å²) in [4.78, 5) is 35.3. The summed E-state index contributed by atoms with van der Waals surface area (Å²) in [5, 5.41) is 1.39. The molecule has 3 rings (SSSR count). The second kappa shape index (κ2) is 10.7. The lowest BCUT2D eigenvalue weighted by Crippen LogP contribution is -2.26. The molecule has 35 heavy (non-hydrogen) atoms. The Balaban J connectivity index is 1.69. The van der Waals surface area contributed by atoms with Crippen molar-refractivity contribution in [3.8, 4) is 5.75 Å². The molecular formula is C25H26F3NO5S. The normalized spacial score (nSPS) is 17.1. The third-order valence-corrected chi connectivity index (χ3v) is 6.26. The molecule has 1 aliphatic rings. The Morgan fingerprint density at radius 1 is 1.06 bits per heavy atom. The van der Waals surface area contributed by atoms with Gasteiger partial charge in [0.05, 0.1) is 28.8 Å². The minimum absolute atomic E-state index is 0.0204. The zero-order valence-electron chi connectivity index (χ0n) is 19.5. The Labute approximate surface area is 205 Å². The maximum absolute atomic E-state index is 13.2. The average Bonchev–Trinajstić information content (AvgIpc) is 3.10. The Morgan fingerprint density at radius 2 is 1.74 bits per heavy atom. The molecule has 0 radical (unpaired) electrons. The van der Waals surface area contributed by atoms with Gasteiger partial charge in [0.2, 0.25) is 5.91 Å². The van der Waals surface area contributed by atoms with E-state index in [-0.39, 0.29) is 24.4 Å². The van der Waals surface area contributed by atoms with Gasteiger partial charge in [0.15, 0.2) is 0 Å². The molecule has 2 unspecified atom stereocenters. The van der Waals surface area contributed by atoms with Crippen LogP contribution < -0.4 is 10.1 Å². The Bertz CT molecular complexity index is 1080. The number of alkyl halides is 3. The van der Waals surface area contributed by atoms with Crippen LogP contribution in [0, 0.1) is 5.41 Å². The van der Waals surface area contributed by atoms with Crippen LogP contribution in [0.5, 0.6) is 5.75 Å². The number of carbonyl (C=O) groups is 3. The molecule has 0 aliphatic carbocycles. The molecule has 1 N–H and O–H groups in total. The van der Waals surface area contributed by atoms with E-state index in [1.54, 1.807) is 51.1 Å². The summed E-state index contributed by atoms with van der Waals surface area (Å²) < 4.78 is 50.9. The molecule has 0 aromatic heterocycles. The van der Waals surface area contributed by atoms with Crippen LogP contribution in [-0.4, -0.2) is 35.6 Å². The van der Waals surface area contributed by atoms with Gasteiger partial charge in [-0.15, -0.1) is 0 Å². The number of carbonyl (C=O) groups excluding carboxylic acids is 3. The van der Waals surface area contributed by atoms with Gasteiger partial charge in [-0.25, -0.2) is 0 Å². The van der Waals surface area contributed by atoms with Gasteiger partial charge in [-0.2, -0.15) is 13.2 Å². The van der Waals surface area contributed by atoms with Gasteiger partial charge in [0.25, 0.3) is 5.24 Å². The lowest BCUT2D eigenvalue weighted by Gasteiger charge is -2.22. The number of thioether (sulfide) groups is 1. The van der Waals surface area contributed by atoms with Crippen molar-refractivity contribution in [2.45, 2.75) is 44.5 Å². The van der Waals surface area contributed by atoms with Crippen molar-refractivity contribution < 1.29 is 37.0 Å². The lowest BCUT2D eigenvalue weighted by atomic mass is 9.96. The summed E-state index contributed by atoms with van der Waals surface area (Å²) in [5.74, 6) is -0.958. The van der Waals surface area contributed by atoms with Crippen molar-refractivity contribution in [3.63, 3.8) is 0 Å². The van der Waals surface area contributed by atoms with Crippen molar-refractivity contribution in [2.24, 2.45) is 5.41 Å². The van der Waals surface area contributed by atoms with E-state index in [0.29, 0.717) is 17.7 Å². The fourth-order valence-corrected chi connectivity index (χ4v) is 4.12. The SMILES string of the molecule is CC(C)(C)C(=O)OCC(COc1ccc(CC2SC(=O)NC2=O)cc1)c1cccc(C(F)(F)F)c1. The first kappa shape index (κ1) is 26.6. The first-order valence-electron chi connectivity index (χ1n) is 10.9. The van der Waals surface area contributed by atoms with Crippen molar-refractivity contribution in [1.29, 1.82) is 0 Å². The summed E-state index contributed by atoms with van der Waals surface area (Å²) in [5.41, 5.74) is -0.382. The number of halogens is 3. The number of hydrogen-bond donors (Lipinski definition) is 1. The van der Waals surface area contributed by atoms with Crippen LogP contribution in [0.1, 0.15) is 43.4 Å². The summed E-state index contributed by atoms with van der Waals surface area (Å²) in [7, 11) is 0. The number of rotatable bonds is 8. The topological polar surface area (TPSA) is 81.7 Å². The van der Waals surface area contributed by atoms with E-state index in [2.05, 4.69) is 5.32 Å². The number of amides is 2. The third-order valence-electron chi connectivity index (χ3n) is 5.28. The van der Waals surface area contributed by atoms with Gasteiger partial charge >= 0.3 is 12.1 Å². The number of benzene rings is 2. The fraction of sp³-hybridized carbons (Fsp3) is 0.400. The zero-order chi connectivity index (χ0) is 25.8. The molecule has 0 bridgehead atoms. The van der Waals surface area contributed by atoms with Crippen LogP contribution in [0.25, 0.3) is 0 Å². The van der Waals surface area contributed by atoms with E-state index in [0.717, 1.165) is 29.5 Å². The highest BCUT2D eigenvalue weighted by Gasteiger charge is 2.32. The van der Waals surface area contributed by atoms with Gasteiger partial charge in [0, 0.05) is 0 Å². The molecular weight excluding hydrogens is 483 g/mol. The molecule has 6 nitrogen and oxygen atoms in total. The highest BCUT2D eigenvalue weighted by Crippen LogP contribution is 2.32. The molecule has 2 atom stereocenters. The minimum atomic E-state index is -4.50. The van der Waals surface area contributed by atoms with Crippen LogP contribution in [0.15, 0.2) is 48.5 Å². The Hall–Kier alpha value is -3.01.